The molecule has 0 atom stereocenters. The smallest absolute Gasteiger partial charge is 0.00861 e. The van der Waals surface area contributed by atoms with E-state index < -0.39 is 0 Å². The van der Waals surface area contributed by atoms with Gasteiger partial charge in [-0.2, -0.15) is 11.3 Å². The summed E-state index contributed by atoms with van der Waals surface area (Å²) in [5, 5.41) is 4.33. The summed E-state index contributed by atoms with van der Waals surface area (Å²) in [6, 6.07) is 2.18. The van der Waals surface area contributed by atoms with Gasteiger partial charge >= 0.3 is 0 Å². The maximum atomic E-state index is 5.14. The highest BCUT2D eigenvalue weighted by Crippen LogP contribution is 2.09. The van der Waals surface area contributed by atoms with Gasteiger partial charge in [0.05, 0.1) is 0 Å². The summed E-state index contributed by atoms with van der Waals surface area (Å²) in [5.74, 6) is 2.65. The number of thiophene rings is 1. The van der Waals surface area contributed by atoms with Crippen LogP contribution in [0.3, 0.4) is 0 Å². The molecule has 0 saturated carbocycles. The summed E-state index contributed by atoms with van der Waals surface area (Å²) in [7, 11) is 0. The number of aryl methyl sites for hydroxylation is 1. The van der Waals surface area contributed by atoms with Crippen molar-refractivity contribution in [3.05, 3.63) is 22.4 Å². The lowest BCUT2D eigenvalue weighted by Gasteiger charge is -1.93. The van der Waals surface area contributed by atoms with Gasteiger partial charge in [0.15, 0.2) is 0 Å². The molecule has 0 N–H and O–H groups in total. The Bertz CT molecular complexity index is 216. The van der Waals surface area contributed by atoms with Gasteiger partial charge in [0.2, 0.25) is 0 Å². The predicted molar refractivity (Wildman–Crippen MR) is 50.7 cm³/mol. The lowest BCUT2D eigenvalue weighted by Crippen LogP contribution is -1.80. The molecule has 0 saturated heterocycles. The van der Waals surface area contributed by atoms with E-state index in [0.717, 1.165) is 12.8 Å². The highest BCUT2D eigenvalue weighted by molar-refractivity contribution is 7.07. The Hall–Kier alpha value is -0.740. The van der Waals surface area contributed by atoms with Crippen molar-refractivity contribution in [3.8, 4) is 12.3 Å². The molecule has 0 aliphatic rings. The number of hydrogen-bond donors (Lipinski definition) is 0. The van der Waals surface area contributed by atoms with Crippen LogP contribution in [-0.2, 0) is 6.42 Å². The number of unbranched alkanes of at least 4 members (excludes halogenated alkanes) is 2. The lowest BCUT2D eigenvalue weighted by atomic mass is 10.1. The second kappa shape index (κ2) is 4.98. The van der Waals surface area contributed by atoms with Crippen LogP contribution in [0.5, 0.6) is 0 Å². The molecule has 0 nitrogen and oxygen atoms in total. The molecule has 0 radical (unpaired) electrons. The van der Waals surface area contributed by atoms with E-state index in [0.29, 0.717) is 0 Å². The Labute approximate surface area is 72.3 Å². The molecule has 0 amide bonds. The topological polar surface area (TPSA) is 0 Å². The fraction of sp³-hybridized carbons (Fsp3) is 0.400. The molecule has 0 spiro atoms. The lowest BCUT2D eigenvalue weighted by molar-refractivity contribution is 0.758. The first-order valence-corrected chi connectivity index (χ1v) is 4.82. The van der Waals surface area contributed by atoms with Crippen molar-refractivity contribution in [1.29, 1.82) is 0 Å². The van der Waals surface area contributed by atoms with Gasteiger partial charge in [0.1, 0.15) is 0 Å². The zero-order chi connectivity index (χ0) is 7.94. The Morgan fingerprint density at radius 2 is 2.36 bits per heavy atom. The van der Waals surface area contributed by atoms with E-state index in [-0.39, 0.29) is 0 Å². The van der Waals surface area contributed by atoms with Crippen LogP contribution in [0.15, 0.2) is 16.8 Å². The van der Waals surface area contributed by atoms with E-state index in [9.17, 15) is 0 Å². The second-order valence-electron chi connectivity index (χ2n) is 2.54. The molecule has 1 aromatic heterocycles. The molecule has 1 heterocycles. The van der Waals surface area contributed by atoms with Crippen LogP contribution in [0, 0.1) is 12.3 Å². The van der Waals surface area contributed by atoms with Crippen molar-refractivity contribution in [3.63, 3.8) is 0 Å². The van der Waals surface area contributed by atoms with Crippen molar-refractivity contribution in [1.82, 2.24) is 0 Å². The third-order valence-corrected chi connectivity index (χ3v) is 2.35. The van der Waals surface area contributed by atoms with E-state index in [4.69, 9.17) is 6.42 Å². The van der Waals surface area contributed by atoms with E-state index in [1.165, 1.54) is 18.4 Å². The van der Waals surface area contributed by atoms with Crippen LogP contribution in [-0.4, -0.2) is 0 Å². The normalized spacial score (nSPS) is 9.36. The highest BCUT2D eigenvalue weighted by Gasteiger charge is 1.91. The average Bonchev–Trinajstić information content (AvgIpc) is 2.50. The van der Waals surface area contributed by atoms with Gasteiger partial charge in [-0.15, -0.1) is 12.3 Å². The first-order chi connectivity index (χ1) is 5.43. The number of terminal acetylenes is 1. The molecule has 11 heavy (non-hydrogen) atoms. The van der Waals surface area contributed by atoms with E-state index in [2.05, 4.69) is 22.7 Å². The highest BCUT2D eigenvalue weighted by atomic mass is 32.1. The quantitative estimate of drug-likeness (QED) is 0.474. The van der Waals surface area contributed by atoms with Gasteiger partial charge in [-0.05, 0) is 41.7 Å². The average molecular weight is 164 g/mol. The minimum absolute atomic E-state index is 0.921. The van der Waals surface area contributed by atoms with Crippen LogP contribution in [0.1, 0.15) is 24.8 Å². The SMILES string of the molecule is C#CCCCCc1ccsc1. The third-order valence-electron chi connectivity index (χ3n) is 1.62. The molecule has 0 aliphatic carbocycles. The van der Waals surface area contributed by atoms with Gasteiger partial charge in [-0.3, -0.25) is 0 Å². The molecule has 0 aliphatic heterocycles. The Kier molecular flexibility index (Phi) is 3.79. The maximum absolute atomic E-state index is 5.14. The summed E-state index contributed by atoms with van der Waals surface area (Å²) in [6.45, 7) is 0. The molecule has 58 valence electrons. The summed E-state index contributed by atoms with van der Waals surface area (Å²) >= 11 is 1.76. The summed E-state index contributed by atoms with van der Waals surface area (Å²) < 4.78 is 0. The van der Waals surface area contributed by atoms with Crippen molar-refractivity contribution in [2.24, 2.45) is 0 Å². The first-order valence-electron chi connectivity index (χ1n) is 3.88. The van der Waals surface area contributed by atoms with Crippen LogP contribution >= 0.6 is 11.3 Å². The fourth-order valence-electron chi connectivity index (χ4n) is 0.991. The maximum Gasteiger partial charge on any atom is 0.00861 e. The third kappa shape index (κ3) is 3.25. The molecule has 0 bridgehead atoms. The second-order valence-corrected chi connectivity index (χ2v) is 3.32. The first kappa shape index (κ1) is 8.36. The van der Waals surface area contributed by atoms with Gasteiger partial charge in [-0.1, -0.05) is 0 Å². The molecule has 0 unspecified atom stereocenters. The van der Waals surface area contributed by atoms with Crippen LogP contribution in [0.2, 0.25) is 0 Å². The fourth-order valence-corrected chi connectivity index (χ4v) is 1.69. The van der Waals surface area contributed by atoms with Gasteiger partial charge in [-0.25, -0.2) is 0 Å². The largest absolute Gasteiger partial charge is 0.152 e. The summed E-state index contributed by atoms with van der Waals surface area (Å²) in [4.78, 5) is 0. The summed E-state index contributed by atoms with van der Waals surface area (Å²) in [6.07, 6.45) is 9.63. The Morgan fingerprint density at radius 1 is 1.45 bits per heavy atom. The molecule has 1 rings (SSSR count). The monoisotopic (exact) mass is 164 g/mol. The Balaban J connectivity index is 2.10. The Morgan fingerprint density at radius 3 is 3.00 bits per heavy atom. The standard InChI is InChI=1S/C10H12S/c1-2-3-4-5-6-10-7-8-11-9-10/h1,7-9H,3-6H2. The van der Waals surface area contributed by atoms with E-state index in [1.807, 2.05) is 0 Å². The summed E-state index contributed by atoms with van der Waals surface area (Å²) in [5.41, 5.74) is 1.45. The molecule has 0 aromatic carbocycles. The predicted octanol–water partition coefficient (Wildman–Crippen LogP) is 3.09. The van der Waals surface area contributed by atoms with Crippen molar-refractivity contribution < 1.29 is 0 Å². The van der Waals surface area contributed by atoms with Crippen LogP contribution < -0.4 is 0 Å². The molecular formula is C10H12S. The molecule has 1 heteroatoms. The van der Waals surface area contributed by atoms with Crippen molar-refractivity contribution in [2.45, 2.75) is 25.7 Å². The van der Waals surface area contributed by atoms with Gasteiger partial charge in [0.25, 0.3) is 0 Å². The van der Waals surface area contributed by atoms with Crippen molar-refractivity contribution >= 4 is 11.3 Å². The van der Waals surface area contributed by atoms with E-state index in [1.54, 1.807) is 11.3 Å². The van der Waals surface area contributed by atoms with Crippen LogP contribution in [0.25, 0.3) is 0 Å². The number of rotatable bonds is 4. The zero-order valence-corrected chi connectivity index (χ0v) is 7.36. The zero-order valence-electron chi connectivity index (χ0n) is 6.55. The molecule has 1 aromatic rings. The van der Waals surface area contributed by atoms with E-state index >= 15 is 0 Å². The minimum atomic E-state index is 0.921. The molecular weight excluding hydrogens is 152 g/mol. The van der Waals surface area contributed by atoms with Gasteiger partial charge in [0, 0.05) is 6.42 Å². The number of hydrogen-bond acceptors (Lipinski definition) is 1. The van der Waals surface area contributed by atoms with Gasteiger partial charge < -0.3 is 0 Å². The van der Waals surface area contributed by atoms with Crippen molar-refractivity contribution in [2.75, 3.05) is 0 Å². The minimum Gasteiger partial charge on any atom is -0.152 e. The molecule has 0 fully saturated rings. The van der Waals surface area contributed by atoms with Crippen LogP contribution in [0.4, 0.5) is 0 Å².